The van der Waals surface area contributed by atoms with E-state index in [1.165, 1.54) is 16.7 Å². The molecule has 1 aromatic carbocycles. The van der Waals surface area contributed by atoms with Crippen molar-refractivity contribution in [2.45, 2.75) is 26.2 Å². The number of nitriles is 1. The van der Waals surface area contributed by atoms with Crippen molar-refractivity contribution < 1.29 is 9.59 Å². The SMILES string of the molecule is Cc1ccccc1N1C(=O)CS/C1=C(\C#N)C(=O)N1CCCCC1. The molecule has 0 aliphatic carbocycles. The summed E-state index contributed by atoms with van der Waals surface area (Å²) in [6, 6.07) is 9.58. The van der Waals surface area contributed by atoms with E-state index in [-0.39, 0.29) is 23.1 Å². The quantitative estimate of drug-likeness (QED) is 0.613. The molecule has 2 heterocycles. The number of likely N-dealkylation sites (tertiary alicyclic amines) is 1. The molecule has 2 aliphatic rings. The Bertz CT molecular complexity index is 745. The maximum Gasteiger partial charge on any atom is 0.267 e. The van der Waals surface area contributed by atoms with Gasteiger partial charge in [-0.1, -0.05) is 30.0 Å². The lowest BCUT2D eigenvalue weighted by molar-refractivity contribution is -0.127. The Kier molecular flexibility index (Phi) is 4.91. The molecule has 0 atom stereocenters. The lowest BCUT2D eigenvalue weighted by atomic mass is 10.1. The number of benzene rings is 1. The maximum atomic E-state index is 12.8. The third-order valence-corrected chi connectivity index (χ3v) is 5.38. The molecule has 124 valence electrons. The van der Waals surface area contributed by atoms with Gasteiger partial charge in [-0.3, -0.25) is 14.5 Å². The Hall–Kier alpha value is -2.26. The molecular weight excluding hydrogens is 322 g/mol. The van der Waals surface area contributed by atoms with Crippen molar-refractivity contribution in [2.24, 2.45) is 0 Å². The smallest absolute Gasteiger partial charge is 0.267 e. The lowest BCUT2D eigenvalue weighted by Gasteiger charge is -2.27. The van der Waals surface area contributed by atoms with Crippen molar-refractivity contribution in [2.75, 3.05) is 23.7 Å². The lowest BCUT2D eigenvalue weighted by Crippen LogP contribution is -2.37. The van der Waals surface area contributed by atoms with Gasteiger partial charge in [-0.05, 0) is 37.8 Å². The maximum absolute atomic E-state index is 12.8. The summed E-state index contributed by atoms with van der Waals surface area (Å²) in [5, 5.41) is 10.1. The van der Waals surface area contributed by atoms with Gasteiger partial charge in [0.25, 0.3) is 5.91 Å². The Morgan fingerprint density at radius 1 is 1.21 bits per heavy atom. The number of piperidine rings is 1. The van der Waals surface area contributed by atoms with E-state index in [0.717, 1.165) is 30.5 Å². The van der Waals surface area contributed by atoms with Gasteiger partial charge in [-0.15, -0.1) is 0 Å². The molecule has 0 N–H and O–H groups in total. The fourth-order valence-corrected chi connectivity index (χ4v) is 4.05. The number of para-hydroxylation sites is 1. The molecule has 2 amide bonds. The van der Waals surface area contributed by atoms with Crippen LogP contribution in [-0.4, -0.2) is 35.6 Å². The zero-order valence-electron chi connectivity index (χ0n) is 13.6. The predicted octanol–water partition coefficient (Wildman–Crippen LogP) is 2.82. The second-order valence-corrected chi connectivity index (χ2v) is 6.91. The molecule has 1 aromatic rings. The number of rotatable bonds is 2. The zero-order chi connectivity index (χ0) is 17.1. The van der Waals surface area contributed by atoms with Crippen LogP contribution in [0, 0.1) is 18.3 Å². The number of hydrogen-bond acceptors (Lipinski definition) is 4. The summed E-state index contributed by atoms with van der Waals surface area (Å²) in [4.78, 5) is 28.4. The van der Waals surface area contributed by atoms with Crippen molar-refractivity contribution in [3.8, 4) is 6.07 Å². The average molecular weight is 341 g/mol. The molecule has 0 aromatic heterocycles. The number of anilines is 1. The van der Waals surface area contributed by atoms with Crippen LogP contribution in [0.25, 0.3) is 0 Å². The minimum Gasteiger partial charge on any atom is -0.338 e. The normalized spacial score (nSPS) is 20.1. The van der Waals surface area contributed by atoms with Gasteiger partial charge in [-0.25, -0.2) is 0 Å². The van der Waals surface area contributed by atoms with E-state index in [1.807, 2.05) is 31.2 Å². The average Bonchev–Trinajstić information content (AvgIpc) is 2.98. The Morgan fingerprint density at radius 3 is 2.58 bits per heavy atom. The van der Waals surface area contributed by atoms with Crippen LogP contribution in [0.3, 0.4) is 0 Å². The minimum absolute atomic E-state index is 0.0796. The molecule has 0 unspecified atom stereocenters. The fourth-order valence-electron chi connectivity index (χ4n) is 3.06. The van der Waals surface area contributed by atoms with E-state index in [4.69, 9.17) is 0 Å². The van der Waals surface area contributed by atoms with Crippen LogP contribution in [0.5, 0.6) is 0 Å². The number of thioether (sulfide) groups is 1. The summed E-state index contributed by atoms with van der Waals surface area (Å²) in [6.45, 7) is 3.28. The highest BCUT2D eigenvalue weighted by molar-refractivity contribution is 8.04. The van der Waals surface area contributed by atoms with E-state index >= 15 is 0 Å². The molecule has 2 fully saturated rings. The van der Waals surface area contributed by atoms with E-state index < -0.39 is 0 Å². The van der Waals surface area contributed by atoms with Crippen LogP contribution >= 0.6 is 11.8 Å². The van der Waals surface area contributed by atoms with Gasteiger partial charge in [0.15, 0.2) is 0 Å². The van der Waals surface area contributed by atoms with Crippen molar-refractivity contribution in [3.05, 3.63) is 40.4 Å². The first-order valence-electron chi connectivity index (χ1n) is 8.08. The molecule has 24 heavy (non-hydrogen) atoms. The van der Waals surface area contributed by atoms with Crippen molar-refractivity contribution >= 4 is 29.3 Å². The number of carbonyl (C=O) groups excluding carboxylic acids is 2. The van der Waals surface area contributed by atoms with Crippen molar-refractivity contribution in [3.63, 3.8) is 0 Å². The van der Waals surface area contributed by atoms with Gasteiger partial charge in [0, 0.05) is 13.1 Å². The van der Waals surface area contributed by atoms with Gasteiger partial charge >= 0.3 is 0 Å². The summed E-state index contributed by atoms with van der Waals surface area (Å²) >= 11 is 1.27. The van der Waals surface area contributed by atoms with Crippen LogP contribution in [0.1, 0.15) is 24.8 Å². The van der Waals surface area contributed by atoms with Crippen LogP contribution in [0.2, 0.25) is 0 Å². The van der Waals surface area contributed by atoms with Crippen molar-refractivity contribution in [1.82, 2.24) is 4.90 Å². The predicted molar refractivity (Wildman–Crippen MR) is 94.2 cm³/mol. The van der Waals surface area contributed by atoms with Gasteiger partial charge in [0.2, 0.25) is 5.91 Å². The van der Waals surface area contributed by atoms with Gasteiger partial charge in [0.1, 0.15) is 16.7 Å². The Morgan fingerprint density at radius 2 is 1.92 bits per heavy atom. The third-order valence-electron chi connectivity index (χ3n) is 4.32. The molecule has 0 bridgehead atoms. The molecule has 0 spiro atoms. The first kappa shape index (κ1) is 16.6. The standard InChI is InChI=1S/C18H19N3O2S/c1-13-7-3-4-8-15(13)21-16(22)12-24-18(21)14(11-19)17(23)20-9-5-2-6-10-20/h3-4,7-8H,2,5-6,9-10,12H2,1H3/b18-14+. The minimum atomic E-state index is -0.256. The van der Waals surface area contributed by atoms with Gasteiger partial charge < -0.3 is 4.90 Å². The van der Waals surface area contributed by atoms with E-state index in [1.54, 1.807) is 4.90 Å². The molecule has 6 heteroatoms. The van der Waals surface area contributed by atoms with E-state index in [2.05, 4.69) is 6.07 Å². The van der Waals surface area contributed by atoms with E-state index in [9.17, 15) is 14.9 Å². The van der Waals surface area contributed by atoms with E-state index in [0.29, 0.717) is 18.1 Å². The molecule has 5 nitrogen and oxygen atoms in total. The van der Waals surface area contributed by atoms with Crippen LogP contribution in [-0.2, 0) is 9.59 Å². The van der Waals surface area contributed by atoms with Crippen LogP contribution in [0.15, 0.2) is 34.9 Å². The highest BCUT2D eigenvalue weighted by atomic mass is 32.2. The molecule has 0 radical (unpaired) electrons. The van der Waals surface area contributed by atoms with Crippen LogP contribution < -0.4 is 4.90 Å². The number of amides is 2. The first-order chi connectivity index (χ1) is 11.6. The van der Waals surface area contributed by atoms with Crippen molar-refractivity contribution in [1.29, 1.82) is 5.26 Å². The Balaban J connectivity index is 2.01. The number of carbonyl (C=O) groups is 2. The second-order valence-electron chi connectivity index (χ2n) is 5.95. The summed E-state index contributed by atoms with van der Waals surface area (Å²) in [7, 11) is 0. The molecule has 3 rings (SSSR count). The summed E-state index contributed by atoms with van der Waals surface area (Å²) in [6.07, 6.45) is 3.05. The number of nitrogens with zero attached hydrogens (tertiary/aromatic N) is 3. The molecule has 2 aliphatic heterocycles. The number of hydrogen-bond donors (Lipinski definition) is 0. The molecule has 0 saturated carbocycles. The summed E-state index contributed by atoms with van der Waals surface area (Å²) in [5.74, 6) is -0.0984. The highest BCUT2D eigenvalue weighted by Crippen LogP contribution is 2.37. The van der Waals surface area contributed by atoms with Gasteiger partial charge in [0.05, 0.1) is 11.4 Å². The zero-order valence-corrected chi connectivity index (χ0v) is 14.4. The third kappa shape index (κ3) is 3.04. The number of aryl methyl sites for hydroxylation is 1. The molecule has 2 saturated heterocycles. The Labute approximate surface area is 145 Å². The summed E-state index contributed by atoms with van der Waals surface area (Å²) < 4.78 is 0. The molecular formula is C18H19N3O2S. The highest BCUT2D eigenvalue weighted by Gasteiger charge is 2.35. The summed E-state index contributed by atoms with van der Waals surface area (Å²) in [5.41, 5.74) is 1.76. The first-order valence-corrected chi connectivity index (χ1v) is 9.07. The van der Waals surface area contributed by atoms with Gasteiger partial charge in [-0.2, -0.15) is 5.26 Å². The second kappa shape index (κ2) is 7.10. The monoisotopic (exact) mass is 341 g/mol. The topological polar surface area (TPSA) is 64.4 Å². The van der Waals surface area contributed by atoms with Crippen LogP contribution in [0.4, 0.5) is 5.69 Å². The largest absolute Gasteiger partial charge is 0.338 e. The fraction of sp³-hybridized carbons (Fsp3) is 0.389.